The third-order valence-electron chi connectivity index (χ3n) is 4.56. The quantitative estimate of drug-likeness (QED) is 0.762. The highest BCUT2D eigenvalue weighted by Crippen LogP contribution is 2.33. The number of carbonyl (C=O) groups is 2. The van der Waals surface area contributed by atoms with Crippen LogP contribution in [0.3, 0.4) is 0 Å². The fourth-order valence-electron chi connectivity index (χ4n) is 3.12. The molecule has 1 fully saturated rings. The van der Waals surface area contributed by atoms with Crippen LogP contribution in [-0.4, -0.2) is 46.7 Å². The Hall–Kier alpha value is -2.45. The number of hydrogen-bond acceptors (Lipinski definition) is 6. The van der Waals surface area contributed by atoms with E-state index < -0.39 is 5.25 Å². The average molecular weight is 413 g/mol. The van der Waals surface area contributed by atoms with Crippen molar-refractivity contribution >= 4 is 51.9 Å². The van der Waals surface area contributed by atoms with Crippen molar-refractivity contribution in [3.63, 3.8) is 0 Å². The highest BCUT2D eigenvalue weighted by molar-refractivity contribution is 8.15. The number of rotatable bonds is 5. The molecule has 6 nitrogen and oxygen atoms in total. The Kier molecular flexibility index (Phi) is 5.59. The van der Waals surface area contributed by atoms with Gasteiger partial charge in [-0.3, -0.25) is 14.5 Å². The molecule has 0 bridgehead atoms. The summed E-state index contributed by atoms with van der Waals surface area (Å²) in [5.41, 5.74) is 1.77. The zero-order valence-electron chi connectivity index (χ0n) is 15.4. The lowest BCUT2D eigenvalue weighted by atomic mass is 10.2. The number of hydrogen-bond donors (Lipinski definition) is 1. The molecule has 8 heteroatoms. The molecule has 4 rings (SSSR count). The van der Waals surface area contributed by atoms with E-state index in [0.29, 0.717) is 18.5 Å². The van der Waals surface area contributed by atoms with Gasteiger partial charge in [0.05, 0.1) is 0 Å². The predicted molar refractivity (Wildman–Crippen MR) is 116 cm³/mol. The zero-order chi connectivity index (χ0) is 19.5. The molecule has 0 saturated carbocycles. The number of amides is 2. The van der Waals surface area contributed by atoms with Crippen molar-refractivity contribution in [1.82, 2.24) is 4.90 Å². The van der Waals surface area contributed by atoms with Gasteiger partial charge in [0, 0.05) is 22.7 Å². The van der Waals surface area contributed by atoms with E-state index in [1.54, 1.807) is 16.7 Å². The number of benzene rings is 2. The maximum Gasteiger partial charge on any atom is 0.244 e. The van der Waals surface area contributed by atoms with Gasteiger partial charge in [-0.15, -0.1) is 11.8 Å². The standard InChI is InChI=1S/C20H20N4O2S2/c1-27-16-9-5-8-15(10-16)23-12-21-20-24(13-23)19(26)17(28-20)11-18(25)22-14-6-3-2-4-7-14/h2-10,17H,11-13H2,1H3,(H,22,25)/t17-/m1/s1. The van der Waals surface area contributed by atoms with E-state index in [1.807, 2.05) is 48.7 Å². The van der Waals surface area contributed by atoms with Gasteiger partial charge >= 0.3 is 0 Å². The summed E-state index contributed by atoms with van der Waals surface area (Å²) in [6, 6.07) is 17.5. The highest BCUT2D eigenvalue weighted by atomic mass is 32.2. The van der Waals surface area contributed by atoms with Gasteiger partial charge in [0.2, 0.25) is 11.8 Å². The normalized spacial score (nSPS) is 18.7. The van der Waals surface area contributed by atoms with Gasteiger partial charge in [-0.25, -0.2) is 4.99 Å². The molecule has 0 aliphatic carbocycles. The first-order valence-corrected chi connectivity index (χ1v) is 11.0. The molecule has 0 spiro atoms. The molecule has 2 aliphatic rings. The molecule has 2 aromatic rings. The molecule has 2 aliphatic heterocycles. The van der Waals surface area contributed by atoms with Crippen molar-refractivity contribution in [2.45, 2.75) is 16.6 Å². The van der Waals surface area contributed by atoms with Crippen LogP contribution in [0, 0.1) is 0 Å². The van der Waals surface area contributed by atoms with Crippen molar-refractivity contribution in [1.29, 1.82) is 0 Å². The SMILES string of the molecule is CSc1cccc(N2CN=C3S[C@H](CC(=O)Nc4ccccc4)C(=O)N3C2)c1. The molecule has 144 valence electrons. The van der Waals surface area contributed by atoms with Crippen molar-refractivity contribution in [3.05, 3.63) is 54.6 Å². The number of aliphatic imine (C=N–C) groups is 1. The smallest absolute Gasteiger partial charge is 0.244 e. The molecule has 2 heterocycles. The third kappa shape index (κ3) is 4.02. The lowest BCUT2D eigenvalue weighted by molar-refractivity contribution is -0.128. The first kappa shape index (κ1) is 18.9. The average Bonchev–Trinajstić information content (AvgIpc) is 3.03. The van der Waals surface area contributed by atoms with Crippen LogP contribution < -0.4 is 10.2 Å². The van der Waals surface area contributed by atoms with Crippen LogP contribution >= 0.6 is 23.5 Å². The number of amidine groups is 1. The first-order valence-electron chi connectivity index (χ1n) is 8.90. The Morgan fingerprint density at radius 3 is 2.86 bits per heavy atom. The fraction of sp³-hybridized carbons (Fsp3) is 0.250. The van der Waals surface area contributed by atoms with Gasteiger partial charge in [0.25, 0.3) is 0 Å². The van der Waals surface area contributed by atoms with Crippen LogP contribution in [0.2, 0.25) is 0 Å². The summed E-state index contributed by atoms with van der Waals surface area (Å²) in [6.45, 7) is 0.964. The molecule has 28 heavy (non-hydrogen) atoms. The Morgan fingerprint density at radius 2 is 2.07 bits per heavy atom. The Balaban J connectivity index is 1.40. The van der Waals surface area contributed by atoms with E-state index >= 15 is 0 Å². The monoisotopic (exact) mass is 412 g/mol. The molecule has 2 aromatic carbocycles. The number of fused-ring (bicyclic) bond motifs is 1. The minimum Gasteiger partial charge on any atom is -0.334 e. The van der Waals surface area contributed by atoms with Gasteiger partial charge < -0.3 is 10.2 Å². The van der Waals surface area contributed by atoms with E-state index in [-0.39, 0.29) is 18.2 Å². The summed E-state index contributed by atoms with van der Waals surface area (Å²) in [5.74, 6) is -0.222. The molecule has 1 atom stereocenters. The van der Waals surface area contributed by atoms with Crippen molar-refractivity contribution < 1.29 is 9.59 Å². The summed E-state index contributed by atoms with van der Waals surface area (Å²) >= 11 is 3.06. The van der Waals surface area contributed by atoms with Crippen molar-refractivity contribution in [2.75, 3.05) is 29.8 Å². The Morgan fingerprint density at radius 1 is 1.25 bits per heavy atom. The van der Waals surface area contributed by atoms with Crippen LogP contribution in [0.5, 0.6) is 0 Å². The molecule has 2 amide bonds. The van der Waals surface area contributed by atoms with Crippen LogP contribution in [-0.2, 0) is 9.59 Å². The number of anilines is 2. The minimum absolute atomic E-state index is 0.0577. The van der Waals surface area contributed by atoms with Gasteiger partial charge in [-0.1, -0.05) is 36.0 Å². The maximum atomic E-state index is 12.8. The van der Waals surface area contributed by atoms with E-state index in [9.17, 15) is 9.59 Å². The second kappa shape index (κ2) is 8.28. The molecular weight excluding hydrogens is 392 g/mol. The number of nitrogens with zero attached hydrogens (tertiary/aromatic N) is 3. The lowest BCUT2D eigenvalue weighted by Gasteiger charge is -2.32. The van der Waals surface area contributed by atoms with Gasteiger partial charge in [0.15, 0.2) is 5.17 Å². The molecule has 0 radical (unpaired) electrons. The molecular formula is C20H20N4O2S2. The van der Waals surface area contributed by atoms with Gasteiger partial charge in [0.1, 0.15) is 18.6 Å². The summed E-state index contributed by atoms with van der Waals surface area (Å²) in [6.07, 6.45) is 2.17. The lowest BCUT2D eigenvalue weighted by Crippen LogP contribution is -2.46. The molecule has 0 unspecified atom stereocenters. The van der Waals surface area contributed by atoms with E-state index in [2.05, 4.69) is 27.3 Å². The first-order chi connectivity index (χ1) is 13.6. The molecule has 1 saturated heterocycles. The Labute approximate surface area is 172 Å². The highest BCUT2D eigenvalue weighted by Gasteiger charge is 2.41. The van der Waals surface area contributed by atoms with E-state index in [4.69, 9.17) is 0 Å². The second-order valence-electron chi connectivity index (χ2n) is 6.46. The molecule has 1 N–H and O–H groups in total. The van der Waals surface area contributed by atoms with Crippen molar-refractivity contribution in [2.24, 2.45) is 4.99 Å². The van der Waals surface area contributed by atoms with Crippen LogP contribution in [0.25, 0.3) is 0 Å². The Bertz CT molecular complexity index is 919. The number of nitrogens with one attached hydrogen (secondary N) is 1. The largest absolute Gasteiger partial charge is 0.334 e. The summed E-state index contributed by atoms with van der Waals surface area (Å²) in [5, 5.41) is 3.12. The number of carbonyl (C=O) groups excluding carboxylic acids is 2. The third-order valence-corrected chi connectivity index (χ3v) is 6.49. The number of thioether (sulfide) groups is 2. The van der Waals surface area contributed by atoms with Crippen LogP contribution in [0.15, 0.2) is 64.5 Å². The van der Waals surface area contributed by atoms with Gasteiger partial charge in [-0.05, 0) is 36.6 Å². The fourth-order valence-corrected chi connectivity index (χ4v) is 4.70. The predicted octanol–water partition coefficient (Wildman–Crippen LogP) is 3.47. The zero-order valence-corrected chi connectivity index (χ0v) is 17.0. The molecule has 0 aromatic heterocycles. The number of para-hydroxylation sites is 1. The minimum atomic E-state index is -0.431. The topological polar surface area (TPSA) is 65.0 Å². The van der Waals surface area contributed by atoms with Gasteiger partial charge in [-0.2, -0.15) is 0 Å². The maximum absolute atomic E-state index is 12.8. The van der Waals surface area contributed by atoms with Crippen LogP contribution in [0.4, 0.5) is 11.4 Å². The van der Waals surface area contributed by atoms with Crippen LogP contribution in [0.1, 0.15) is 6.42 Å². The summed E-state index contributed by atoms with van der Waals surface area (Å²) in [7, 11) is 0. The van der Waals surface area contributed by atoms with E-state index in [0.717, 1.165) is 11.4 Å². The summed E-state index contributed by atoms with van der Waals surface area (Å²) < 4.78 is 0. The summed E-state index contributed by atoms with van der Waals surface area (Å²) in [4.78, 5) is 34.7. The van der Waals surface area contributed by atoms with Crippen molar-refractivity contribution in [3.8, 4) is 0 Å². The second-order valence-corrected chi connectivity index (χ2v) is 8.51. The van der Waals surface area contributed by atoms with E-state index in [1.165, 1.54) is 16.7 Å².